The highest BCUT2D eigenvalue weighted by molar-refractivity contribution is 6.28. The van der Waals surface area contributed by atoms with E-state index in [-0.39, 0.29) is 11.4 Å². The summed E-state index contributed by atoms with van der Waals surface area (Å²) in [6.07, 6.45) is 5.47. The minimum Gasteiger partial charge on any atom is -0.393 e. The summed E-state index contributed by atoms with van der Waals surface area (Å²) in [5.74, 6) is 0.898. The Bertz CT molecular complexity index is 508. The van der Waals surface area contributed by atoms with E-state index < -0.39 is 0 Å². The lowest BCUT2D eigenvalue weighted by Crippen LogP contribution is -2.48. The van der Waals surface area contributed by atoms with E-state index in [1.165, 1.54) is 0 Å². The summed E-state index contributed by atoms with van der Waals surface area (Å²) in [5, 5.41) is 9.99. The molecule has 0 spiro atoms. The third-order valence-electron chi connectivity index (χ3n) is 4.61. The average molecular weight is 327 g/mol. The molecule has 0 atom stereocenters. The van der Waals surface area contributed by atoms with E-state index in [2.05, 4.69) is 19.8 Å². The summed E-state index contributed by atoms with van der Waals surface area (Å²) in [5.41, 5.74) is 1.05. The summed E-state index contributed by atoms with van der Waals surface area (Å²) in [6, 6.07) is 0.455. The minimum atomic E-state index is -0.139. The number of aliphatic hydroxyl groups is 1. The largest absolute Gasteiger partial charge is 0.393 e. The van der Waals surface area contributed by atoms with Gasteiger partial charge in [-0.2, -0.15) is 4.98 Å². The van der Waals surface area contributed by atoms with Gasteiger partial charge >= 0.3 is 0 Å². The van der Waals surface area contributed by atoms with Gasteiger partial charge in [-0.1, -0.05) is 0 Å². The number of fused-ring (bicyclic) bond motifs is 1. The molecule has 1 aromatic rings. The van der Waals surface area contributed by atoms with E-state index in [0.29, 0.717) is 12.6 Å². The number of rotatable bonds is 4. The lowest BCUT2D eigenvalue weighted by atomic mass is 9.91. The molecule has 1 aromatic heterocycles. The molecule has 0 radical (unpaired) electrons. The maximum Gasteiger partial charge on any atom is 0.224 e. The maximum atomic E-state index is 9.71. The molecule has 122 valence electrons. The molecule has 1 aliphatic heterocycles. The second kappa shape index (κ2) is 6.98. The fourth-order valence-electron chi connectivity index (χ4n) is 3.40. The molecular weight excluding hydrogens is 304 g/mol. The molecule has 1 saturated carbocycles. The second-order valence-electron chi connectivity index (χ2n) is 5.98. The number of ether oxygens (including phenoxy) is 1. The fraction of sp³-hybridized carbons (Fsp3) is 0.733. The van der Waals surface area contributed by atoms with Crippen LogP contribution in [-0.4, -0.2) is 60.6 Å². The molecule has 22 heavy (non-hydrogen) atoms. The average Bonchev–Trinajstić information content (AvgIpc) is 2.53. The zero-order valence-electron chi connectivity index (χ0n) is 12.9. The van der Waals surface area contributed by atoms with Crippen molar-refractivity contribution in [1.82, 2.24) is 9.97 Å². The molecule has 0 amide bonds. The Hall–Kier alpha value is -1.11. The topological polar surface area (TPSA) is 61.7 Å². The standard InChI is InChI=1S/C15H23ClN4O2/c1-22-9-8-19-6-7-20(11-2-4-12(21)5-3-11)13-10-17-15(16)18-14(13)19/h10-12,21H,2-9H2,1H3. The first-order valence-corrected chi connectivity index (χ1v) is 8.28. The zero-order valence-corrected chi connectivity index (χ0v) is 13.7. The Morgan fingerprint density at radius 1 is 1.32 bits per heavy atom. The van der Waals surface area contributed by atoms with Crippen molar-refractivity contribution in [2.45, 2.75) is 37.8 Å². The van der Waals surface area contributed by atoms with Crippen LogP contribution in [0.1, 0.15) is 25.7 Å². The number of hydrogen-bond donors (Lipinski definition) is 1. The minimum absolute atomic E-state index is 0.139. The monoisotopic (exact) mass is 326 g/mol. The van der Waals surface area contributed by atoms with Crippen molar-refractivity contribution in [2.75, 3.05) is 43.2 Å². The van der Waals surface area contributed by atoms with Crippen molar-refractivity contribution < 1.29 is 9.84 Å². The summed E-state index contributed by atoms with van der Waals surface area (Å²) >= 11 is 6.00. The Morgan fingerprint density at radius 3 is 2.82 bits per heavy atom. The molecule has 1 fully saturated rings. The van der Waals surface area contributed by atoms with Crippen LogP contribution in [0.25, 0.3) is 0 Å². The highest BCUT2D eigenvalue weighted by atomic mass is 35.5. The fourth-order valence-corrected chi connectivity index (χ4v) is 3.53. The van der Waals surface area contributed by atoms with Crippen LogP contribution in [-0.2, 0) is 4.74 Å². The van der Waals surface area contributed by atoms with Crippen LogP contribution in [0.15, 0.2) is 6.20 Å². The molecule has 0 unspecified atom stereocenters. The molecular formula is C15H23ClN4O2. The molecule has 0 saturated heterocycles. The van der Waals surface area contributed by atoms with E-state index in [0.717, 1.165) is 56.8 Å². The van der Waals surface area contributed by atoms with Crippen molar-refractivity contribution in [3.05, 3.63) is 11.5 Å². The van der Waals surface area contributed by atoms with Gasteiger partial charge in [-0.25, -0.2) is 4.98 Å². The normalized spacial score (nSPS) is 25.2. The molecule has 6 nitrogen and oxygen atoms in total. The van der Waals surface area contributed by atoms with E-state index in [1.54, 1.807) is 7.11 Å². The molecule has 0 aromatic carbocycles. The van der Waals surface area contributed by atoms with Gasteiger partial charge in [-0.3, -0.25) is 0 Å². The number of aromatic nitrogens is 2. The number of hydrogen-bond acceptors (Lipinski definition) is 6. The van der Waals surface area contributed by atoms with Gasteiger partial charge in [0.15, 0.2) is 5.82 Å². The highest BCUT2D eigenvalue weighted by Gasteiger charge is 2.31. The van der Waals surface area contributed by atoms with E-state index in [4.69, 9.17) is 16.3 Å². The van der Waals surface area contributed by atoms with E-state index >= 15 is 0 Å². The second-order valence-corrected chi connectivity index (χ2v) is 6.32. The van der Waals surface area contributed by atoms with Crippen LogP contribution in [0.2, 0.25) is 5.28 Å². The quantitative estimate of drug-likeness (QED) is 0.850. The van der Waals surface area contributed by atoms with Gasteiger partial charge in [0.05, 0.1) is 24.6 Å². The van der Waals surface area contributed by atoms with Gasteiger partial charge in [0.2, 0.25) is 5.28 Å². The number of aliphatic hydroxyl groups excluding tert-OH is 1. The molecule has 2 heterocycles. The lowest BCUT2D eigenvalue weighted by molar-refractivity contribution is 0.121. The molecule has 0 bridgehead atoms. The lowest BCUT2D eigenvalue weighted by Gasteiger charge is -2.43. The smallest absolute Gasteiger partial charge is 0.224 e. The Kier molecular flexibility index (Phi) is 5.00. The van der Waals surface area contributed by atoms with Crippen LogP contribution in [0.4, 0.5) is 11.5 Å². The molecule has 2 aliphatic rings. The first kappa shape index (κ1) is 15.8. The number of anilines is 2. The van der Waals surface area contributed by atoms with E-state index in [1.807, 2.05) is 6.20 Å². The maximum absolute atomic E-state index is 9.71. The van der Waals surface area contributed by atoms with Crippen molar-refractivity contribution in [3.63, 3.8) is 0 Å². The zero-order chi connectivity index (χ0) is 15.5. The SMILES string of the molecule is COCCN1CCN(C2CCC(O)CC2)c2cnc(Cl)nc21. The predicted molar refractivity (Wildman–Crippen MR) is 86.7 cm³/mol. The van der Waals surface area contributed by atoms with Crippen molar-refractivity contribution >= 4 is 23.1 Å². The third-order valence-corrected chi connectivity index (χ3v) is 4.79. The van der Waals surface area contributed by atoms with Crippen LogP contribution in [0.5, 0.6) is 0 Å². The molecule has 1 aliphatic carbocycles. The van der Waals surface area contributed by atoms with Crippen molar-refractivity contribution in [1.29, 1.82) is 0 Å². The van der Waals surface area contributed by atoms with Crippen LogP contribution in [0.3, 0.4) is 0 Å². The van der Waals surface area contributed by atoms with Crippen molar-refractivity contribution in [3.8, 4) is 0 Å². The van der Waals surface area contributed by atoms with Gasteiger partial charge in [0, 0.05) is 32.8 Å². The number of methoxy groups -OCH3 is 1. The van der Waals surface area contributed by atoms with E-state index in [9.17, 15) is 5.11 Å². The van der Waals surface area contributed by atoms with Gasteiger partial charge < -0.3 is 19.6 Å². The van der Waals surface area contributed by atoms with Crippen molar-refractivity contribution in [2.24, 2.45) is 0 Å². The summed E-state index contributed by atoms with van der Waals surface area (Å²) in [4.78, 5) is 13.2. The predicted octanol–water partition coefficient (Wildman–Crippen LogP) is 1.71. The first-order valence-electron chi connectivity index (χ1n) is 7.90. The summed E-state index contributed by atoms with van der Waals surface area (Å²) in [7, 11) is 1.71. The van der Waals surface area contributed by atoms with Crippen LogP contribution in [0, 0.1) is 0 Å². The molecule has 7 heteroatoms. The highest BCUT2D eigenvalue weighted by Crippen LogP contribution is 2.36. The van der Waals surface area contributed by atoms with Gasteiger partial charge in [0.25, 0.3) is 0 Å². The Balaban J connectivity index is 1.82. The van der Waals surface area contributed by atoms with Crippen LogP contribution < -0.4 is 9.80 Å². The number of halogens is 1. The molecule has 3 rings (SSSR count). The summed E-state index contributed by atoms with van der Waals surface area (Å²) in [6.45, 7) is 3.32. The first-order chi connectivity index (χ1) is 10.7. The summed E-state index contributed by atoms with van der Waals surface area (Å²) < 4.78 is 5.19. The van der Waals surface area contributed by atoms with Crippen LogP contribution >= 0.6 is 11.6 Å². The molecule has 1 N–H and O–H groups in total. The van der Waals surface area contributed by atoms with Gasteiger partial charge in [0.1, 0.15) is 0 Å². The third kappa shape index (κ3) is 3.29. The Labute approximate surface area is 136 Å². The van der Waals surface area contributed by atoms with Gasteiger partial charge in [-0.05, 0) is 37.3 Å². The number of nitrogens with zero attached hydrogens (tertiary/aromatic N) is 4. The Morgan fingerprint density at radius 2 is 2.09 bits per heavy atom. The van der Waals surface area contributed by atoms with Gasteiger partial charge in [-0.15, -0.1) is 0 Å².